The van der Waals surface area contributed by atoms with E-state index in [1.807, 2.05) is 19.1 Å². The minimum Gasteiger partial charge on any atom is -0.323 e. The van der Waals surface area contributed by atoms with E-state index in [2.05, 4.69) is 0 Å². The summed E-state index contributed by atoms with van der Waals surface area (Å²) >= 11 is 5.90. The van der Waals surface area contributed by atoms with E-state index in [0.29, 0.717) is 16.3 Å². The molecule has 5 nitrogen and oxygen atoms in total. The van der Waals surface area contributed by atoms with Crippen LogP contribution in [0.1, 0.15) is 35.2 Å². The summed E-state index contributed by atoms with van der Waals surface area (Å²) in [7, 11) is 0. The van der Waals surface area contributed by atoms with Crippen LogP contribution in [-0.2, 0) is 9.59 Å². The van der Waals surface area contributed by atoms with Gasteiger partial charge >= 0.3 is 0 Å². The predicted molar refractivity (Wildman–Crippen MR) is 103 cm³/mol. The molecule has 2 fully saturated rings. The molecule has 2 aliphatic rings. The third-order valence-corrected chi connectivity index (χ3v) is 5.27. The van der Waals surface area contributed by atoms with E-state index in [1.54, 1.807) is 41.3 Å². The van der Waals surface area contributed by atoms with Crippen molar-refractivity contribution in [3.8, 4) is 0 Å². The van der Waals surface area contributed by atoms with Gasteiger partial charge in [0.2, 0.25) is 5.91 Å². The molecule has 4 rings (SSSR count). The van der Waals surface area contributed by atoms with Crippen LogP contribution in [0.3, 0.4) is 0 Å². The molecule has 1 unspecified atom stereocenters. The van der Waals surface area contributed by atoms with E-state index >= 15 is 0 Å². The van der Waals surface area contributed by atoms with Gasteiger partial charge < -0.3 is 4.90 Å². The van der Waals surface area contributed by atoms with Gasteiger partial charge in [0.1, 0.15) is 6.04 Å². The normalized spacial score (nSPS) is 19.5. The van der Waals surface area contributed by atoms with Gasteiger partial charge in [0.25, 0.3) is 11.8 Å². The number of hydrogen-bond acceptors (Lipinski definition) is 3. The number of rotatable bonds is 4. The first kappa shape index (κ1) is 17.7. The maximum atomic E-state index is 13.1. The summed E-state index contributed by atoms with van der Waals surface area (Å²) in [6, 6.07) is 13.1. The molecule has 1 aliphatic heterocycles. The van der Waals surface area contributed by atoms with Crippen LogP contribution >= 0.6 is 11.6 Å². The van der Waals surface area contributed by atoms with Gasteiger partial charge in [0, 0.05) is 16.6 Å². The molecular formula is C21H19ClN2O3. The summed E-state index contributed by atoms with van der Waals surface area (Å²) in [6.07, 6.45) is 1.72. The fourth-order valence-electron chi connectivity index (χ4n) is 3.45. The summed E-state index contributed by atoms with van der Waals surface area (Å²) in [5.41, 5.74) is 2.08. The lowest BCUT2D eigenvalue weighted by Crippen LogP contribution is -2.46. The molecule has 1 saturated heterocycles. The number of anilines is 1. The fraction of sp³-hybridized carbons (Fsp3) is 0.286. The Morgan fingerprint density at radius 2 is 1.67 bits per heavy atom. The van der Waals surface area contributed by atoms with E-state index in [4.69, 9.17) is 11.6 Å². The molecule has 2 aromatic carbocycles. The van der Waals surface area contributed by atoms with Crippen LogP contribution in [0.5, 0.6) is 0 Å². The molecule has 6 heteroatoms. The zero-order valence-electron chi connectivity index (χ0n) is 14.9. The standard InChI is InChI=1S/C21H19ClN2O3/c1-13-2-4-14(5-3-13)20(26)23(16-10-11-16)18-12-19(25)24(21(18)27)17-8-6-15(22)7-9-17/h2-9,16,18H,10-12H2,1H3. The van der Waals surface area contributed by atoms with Crippen LogP contribution in [-0.4, -0.2) is 34.7 Å². The summed E-state index contributed by atoms with van der Waals surface area (Å²) in [6.45, 7) is 1.95. The molecule has 138 valence electrons. The second-order valence-electron chi connectivity index (χ2n) is 7.07. The first-order valence-corrected chi connectivity index (χ1v) is 9.35. The maximum absolute atomic E-state index is 13.1. The van der Waals surface area contributed by atoms with Gasteiger partial charge in [-0.3, -0.25) is 14.4 Å². The average Bonchev–Trinajstić information content (AvgIpc) is 3.43. The summed E-state index contributed by atoms with van der Waals surface area (Å²) in [5.74, 6) is -0.842. The Morgan fingerprint density at radius 1 is 1.04 bits per heavy atom. The van der Waals surface area contributed by atoms with Crippen molar-refractivity contribution in [1.82, 2.24) is 4.90 Å². The second kappa shape index (κ2) is 6.82. The number of carbonyl (C=O) groups is 3. The van der Waals surface area contributed by atoms with Crippen LogP contribution < -0.4 is 4.90 Å². The number of amides is 3. The topological polar surface area (TPSA) is 57.7 Å². The molecule has 1 heterocycles. The van der Waals surface area contributed by atoms with E-state index in [-0.39, 0.29) is 30.2 Å². The van der Waals surface area contributed by atoms with Crippen LogP contribution in [0.25, 0.3) is 0 Å². The van der Waals surface area contributed by atoms with Gasteiger partial charge in [-0.1, -0.05) is 29.3 Å². The van der Waals surface area contributed by atoms with Gasteiger partial charge in [0.15, 0.2) is 0 Å². The highest BCUT2D eigenvalue weighted by Crippen LogP contribution is 2.35. The molecule has 1 aliphatic carbocycles. The Morgan fingerprint density at radius 3 is 2.26 bits per heavy atom. The molecule has 0 aromatic heterocycles. The largest absolute Gasteiger partial charge is 0.323 e. The van der Waals surface area contributed by atoms with E-state index in [0.717, 1.165) is 18.4 Å². The maximum Gasteiger partial charge on any atom is 0.257 e. The smallest absolute Gasteiger partial charge is 0.257 e. The Balaban J connectivity index is 1.63. The zero-order valence-corrected chi connectivity index (χ0v) is 15.6. The second-order valence-corrected chi connectivity index (χ2v) is 7.51. The Hall–Kier alpha value is -2.66. The first-order valence-electron chi connectivity index (χ1n) is 8.97. The zero-order chi connectivity index (χ0) is 19.1. The van der Waals surface area contributed by atoms with E-state index in [1.165, 1.54) is 4.90 Å². The minimum atomic E-state index is -0.755. The van der Waals surface area contributed by atoms with Gasteiger partial charge in [-0.25, -0.2) is 4.90 Å². The number of hydrogen-bond donors (Lipinski definition) is 0. The first-order chi connectivity index (χ1) is 13.0. The Labute approximate surface area is 162 Å². The third-order valence-electron chi connectivity index (χ3n) is 5.02. The summed E-state index contributed by atoms with van der Waals surface area (Å²) < 4.78 is 0. The molecule has 0 radical (unpaired) electrons. The van der Waals surface area contributed by atoms with Crippen molar-refractivity contribution in [2.45, 2.75) is 38.3 Å². The lowest BCUT2D eigenvalue weighted by molar-refractivity contribution is -0.122. The molecule has 27 heavy (non-hydrogen) atoms. The molecule has 0 N–H and O–H groups in total. The SMILES string of the molecule is Cc1ccc(C(=O)N(C2CC2)C2CC(=O)N(c3ccc(Cl)cc3)C2=O)cc1. The van der Waals surface area contributed by atoms with Gasteiger partial charge in [0.05, 0.1) is 12.1 Å². The number of halogens is 1. The average molecular weight is 383 g/mol. The van der Waals surface area contributed by atoms with Crippen molar-refractivity contribution in [2.24, 2.45) is 0 Å². The van der Waals surface area contributed by atoms with Crippen LogP contribution in [0.15, 0.2) is 48.5 Å². The fourth-order valence-corrected chi connectivity index (χ4v) is 3.58. The lowest BCUT2D eigenvalue weighted by atomic mass is 10.1. The number of benzene rings is 2. The van der Waals surface area contributed by atoms with Crippen molar-refractivity contribution in [3.63, 3.8) is 0 Å². The quantitative estimate of drug-likeness (QED) is 0.759. The van der Waals surface area contributed by atoms with Gasteiger partial charge in [-0.05, 0) is 56.2 Å². The van der Waals surface area contributed by atoms with E-state index in [9.17, 15) is 14.4 Å². The van der Waals surface area contributed by atoms with Crippen molar-refractivity contribution in [1.29, 1.82) is 0 Å². The Bertz CT molecular complexity index is 904. The summed E-state index contributed by atoms with van der Waals surface area (Å²) in [5, 5.41) is 0.531. The molecule has 1 saturated carbocycles. The van der Waals surface area contributed by atoms with Crippen LogP contribution in [0.2, 0.25) is 5.02 Å². The molecule has 1 atom stereocenters. The van der Waals surface area contributed by atoms with Gasteiger partial charge in [-0.2, -0.15) is 0 Å². The van der Waals surface area contributed by atoms with Gasteiger partial charge in [-0.15, -0.1) is 0 Å². The van der Waals surface area contributed by atoms with Crippen LogP contribution in [0.4, 0.5) is 5.69 Å². The van der Waals surface area contributed by atoms with Crippen LogP contribution in [0, 0.1) is 6.92 Å². The molecule has 2 aromatic rings. The van der Waals surface area contributed by atoms with E-state index < -0.39 is 6.04 Å². The number of aryl methyl sites for hydroxylation is 1. The molecule has 0 bridgehead atoms. The number of imide groups is 1. The monoisotopic (exact) mass is 382 g/mol. The van der Waals surface area contributed by atoms with Crippen molar-refractivity contribution >= 4 is 35.0 Å². The minimum absolute atomic E-state index is 0.00949. The molecule has 0 spiro atoms. The highest BCUT2D eigenvalue weighted by Gasteiger charge is 2.48. The van der Waals surface area contributed by atoms with Crippen molar-refractivity contribution in [3.05, 3.63) is 64.7 Å². The Kier molecular flexibility index (Phi) is 4.48. The number of nitrogens with zero attached hydrogens (tertiary/aromatic N) is 2. The van der Waals surface area contributed by atoms with Crippen molar-refractivity contribution in [2.75, 3.05) is 4.90 Å². The predicted octanol–water partition coefficient (Wildman–Crippen LogP) is 3.59. The molecule has 3 amide bonds. The summed E-state index contributed by atoms with van der Waals surface area (Å²) in [4.78, 5) is 41.5. The number of carbonyl (C=O) groups excluding carboxylic acids is 3. The highest BCUT2D eigenvalue weighted by molar-refractivity contribution is 6.31. The van der Waals surface area contributed by atoms with Crippen molar-refractivity contribution < 1.29 is 14.4 Å². The molecular weight excluding hydrogens is 364 g/mol. The highest BCUT2D eigenvalue weighted by atomic mass is 35.5. The third kappa shape index (κ3) is 3.35. The lowest BCUT2D eigenvalue weighted by Gasteiger charge is -2.27.